The van der Waals surface area contributed by atoms with E-state index in [1.54, 1.807) is 25.1 Å². The second-order valence-electron chi connectivity index (χ2n) is 7.34. The lowest BCUT2D eigenvalue weighted by atomic mass is 10.1. The van der Waals surface area contributed by atoms with Crippen LogP contribution >= 0.6 is 0 Å². The van der Waals surface area contributed by atoms with Crippen molar-refractivity contribution in [3.8, 4) is 16.9 Å². The van der Waals surface area contributed by atoms with Crippen molar-refractivity contribution in [1.29, 1.82) is 0 Å². The first-order valence-electron chi connectivity index (χ1n) is 10.3. The first kappa shape index (κ1) is 23.0. The maximum atomic E-state index is 14.6. The summed E-state index contributed by atoms with van der Waals surface area (Å²) in [5, 5.41) is 8.38. The number of alkyl halides is 3. The molecule has 0 fully saturated rings. The zero-order chi connectivity index (χ0) is 24.3. The first-order valence-corrected chi connectivity index (χ1v) is 10.3. The molecule has 172 valence electrons. The van der Waals surface area contributed by atoms with Gasteiger partial charge in [0.1, 0.15) is 22.9 Å². The van der Waals surface area contributed by atoms with E-state index in [1.807, 2.05) is 30.3 Å². The van der Waals surface area contributed by atoms with E-state index in [0.29, 0.717) is 22.7 Å². The fraction of sp³-hybridized carbons (Fsp3) is 0.120. The highest BCUT2D eigenvalue weighted by Crippen LogP contribution is 2.30. The quantitative estimate of drug-likeness (QED) is 0.212. The van der Waals surface area contributed by atoms with Gasteiger partial charge in [0.15, 0.2) is 5.84 Å². The van der Waals surface area contributed by atoms with Crippen molar-refractivity contribution in [1.82, 2.24) is 15.0 Å². The van der Waals surface area contributed by atoms with Crippen LogP contribution < -0.4 is 0 Å². The minimum Gasteiger partial charge on any atom is -0.270 e. The van der Waals surface area contributed by atoms with Crippen molar-refractivity contribution >= 4 is 11.5 Å². The summed E-state index contributed by atoms with van der Waals surface area (Å²) in [7, 11) is 1.45. The van der Waals surface area contributed by atoms with Gasteiger partial charge in [-0.05, 0) is 31.2 Å². The van der Waals surface area contributed by atoms with Crippen molar-refractivity contribution in [2.45, 2.75) is 13.1 Å². The SMILES string of the molecule is C/N=C(\N=C(/C)c1nnn(-c2ccccc2F)c1-c1ccccc1)c1cccc(C(F)(F)F)c1. The summed E-state index contributed by atoms with van der Waals surface area (Å²) in [6, 6.07) is 20.1. The molecule has 0 aliphatic carbocycles. The molecule has 0 saturated carbocycles. The van der Waals surface area contributed by atoms with Gasteiger partial charge in [0.2, 0.25) is 0 Å². The number of aliphatic imine (C=N–C) groups is 2. The van der Waals surface area contributed by atoms with Gasteiger partial charge in [-0.3, -0.25) is 4.99 Å². The highest BCUT2D eigenvalue weighted by atomic mass is 19.4. The molecule has 0 aliphatic rings. The molecule has 0 amide bonds. The van der Waals surface area contributed by atoms with Crippen molar-refractivity contribution < 1.29 is 17.6 Å². The van der Waals surface area contributed by atoms with Crippen LogP contribution in [0.3, 0.4) is 0 Å². The third-order valence-electron chi connectivity index (χ3n) is 5.07. The number of hydrogen-bond acceptors (Lipinski definition) is 3. The molecule has 3 aromatic carbocycles. The number of nitrogens with zero attached hydrogens (tertiary/aromatic N) is 5. The fourth-order valence-electron chi connectivity index (χ4n) is 3.46. The molecule has 0 bridgehead atoms. The Hall–Kier alpha value is -4.14. The Bertz CT molecular complexity index is 1370. The van der Waals surface area contributed by atoms with E-state index in [-0.39, 0.29) is 17.1 Å². The summed E-state index contributed by atoms with van der Waals surface area (Å²) in [5.41, 5.74) is 1.53. The lowest BCUT2D eigenvalue weighted by Crippen LogP contribution is -2.09. The van der Waals surface area contributed by atoms with Crippen molar-refractivity contribution in [3.63, 3.8) is 0 Å². The molecule has 0 saturated heterocycles. The Morgan fingerprint density at radius 1 is 0.912 bits per heavy atom. The summed E-state index contributed by atoms with van der Waals surface area (Å²) in [6.07, 6.45) is -4.49. The molecule has 9 heteroatoms. The van der Waals surface area contributed by atoms with Crippen LogP contribution in [0.1, 0.15) is 23.7 Å². The van der Waals surface area contributed by atoms with Crippen LogP contribution in [0.25, 0.3) is 16.9 Å². The number of amidine groups is 1. The van der Waals surface area contributed by atoms with Gasteiger partial charge in [-0.25, -0.2) is 14.1 Å². The van der Waals surface area contributed by atoms with Gasteiger partial charge in [-0.15, -0.1) is 5.10 Å². The monoisotopic (exact) mass is 465 g/mol. The summed E-state index contributed by atoms with van der Waals surface area (Å²) in [5.74, 6) is -0.381. The molecule has 0 spiro atoms. The van der Waals surface area contributed by atoms with Crippen molar-refractivity contribution in [2.75, 3.05) is 7.05 Å². The van der Waals surface area contributed by atoms with Gasteiger partial charge in [-0.2, -0.15) is 13.2 Å². The molecule has 5 nitrogen and oxygen atoms in total. The van der Waals surface area contributed by atoms with E-state index >= 15 is 0 Å². The van der Waals surface area contributed by atoms with Gasteiger partial charge < -0.3 is 0 Å². The van der Waals surface area contributed by atoms with Gasteiger partial charge in [-0.1, -0.05) is 59.8 Å². The van der Waals surface area contributed by atoms with Crippen LogP contribution in [0.2, 0.25) is 0 Å². The van der Waals surface area contributed by atoms with Crippen molar-refractivity contribution in [2.24, 2.45) is 9.98 Å². The maximum Gasteiger partial charge on any atom is 0.416 e. The summed E-state index contributed by atoms with van der Waals surface area (Å²) < 4.78 is 55.5. The number of para-hydroxylation sites is 1. The van der Waals surface area contributed by atoms with Crippen LogP contribution in [0.5, 0.6) is 0 Å². The highest BCUT2D eigenvalue weighted by molar-refractivity contribution is 6.12. The van der Waals surface area contributed by atoms with Gasteiger partial charge in [0.05, 0.1) is 11.3 Å². The third kappa shape index (κ3) is 4.63. The largest absolute Gasteiger partial charge is 0.416 e. The van der Waals surface area contributed by atoms with Gasteiger partial charge in [0.25, 0.3) is 0 Å². The molecular formula is C25H19F4N5. The van der Waals surface area contributed by atoms with Gasteiger partial charge in [0, 0.05) is 18.2 Å². The van der Waals surface area contributed by atoms with Crippen LogP contribution in [0.4, 0.5) is 17.6 Å². The summed E-state index contributed by atoms with van der Waals surface area (Å²) in [4.78, 5) is 8.54. The Kier molecular flexibility index (Phi) is 6.36. The Morgan fingerprint density at radius 3 is 2.29 bits per heavy atom. The number of rotatable bonds is 4. The van der Waals surface area contributed by atoms with E-state index < -0.39 is 17.6 Å². The van der Waals surface area contributed by atoms with Crippen molar-refractivity contribution in [3.05, 3.63) is 102 Å². The minimum absolute atomic E-state index is 0.100. The standard InChI is InChI=1S/C25H19F4N5/c1-16(31-24(30-2)18-11-8-12-19(15-18)25(27,28)29)22-23(17-9-4-3-5-10-17)34(33-32-22)21-14-7-6-13-20(21)26/h3-15H,1-2H3/b30-24-,31-16+. The number of benzene rings is 3. The molecule has 1 heterocycles. The van der Waals surface area contributed by atoms with E-state index in [9.17, 15) is 17.6 Å². The maximum absolute atomic E-state index is 14.6. The lowest BCUT2D eigenvalue weighted by molar-refractivity contribution is -0.137. The summed E-state index contributed by atoms with van der Waals surface area (Å²) in [6.45, 7) is 1.65. The van der Waals surface area contributed by atoms with Crippen LogP contribution in [-0.4, -0.2) is 33.6 Å². The van der Waals surface area contributed by atoms with Crippen LogP contribution in [0.15, 0.2) is 88.8 Å². The zero-order valence-corrected chi connectivity index (χ0v) is 18.3. The lowest BCUT2D eigenvalue weighted by Gasteiger charge is -2.10. The predicted octanol–water partition coefficient (Wildman–Crippen LogP) is 5.98. The molecule has 34 heavy (non-hydrogen) atoms. The second-order valence-corrected chi connectivity index (χ2v) is 7.34. The number of halogens is 4. The Balaban J connectivity index is 1.84. The molecule has 0 unspecified atom stereocenters. The highest BCUT2D eigenvalue weighted by Gasteiger charge is 2.30. The van der Waals surface area contributed by atoms with E-state index in [0.717, 1.165) is 12.1 Å². The summed E-state index contributed by atoms with van der Waals surface area (Å²) >= 11 is 0. The number of hydrogen-bond donors (Lipinski definition) is 0. The fourth-order valence-corrected chi connectivity index (χ4v) is 3.46. The van der Waals surface area contributed by atoms with Gasteiger partial charge >= 0.3 is 6.18 Å². The Morgan fingerprint density at radius 2 is 1.62 bits per heavy atom. The van der Waals surface area contributed by atoms with Crippen LogP contribution in [-0.2, 0) is 6.18 Å². The first-order chi connectivity index (χ1) is 16.3. The van der Waals surface area contributed by atoms with Crippen LogP contribution in [0, 0.1) is 5.82 Å². The molecule has 0 atom stereocenters. The number of aromatic nitrogens is 3. The van der Waals surface area contributed by atoms with E-state index in [1.165, 1.54) is 29.9 Å². The third-order valence-corrected chi connectivity index (χ3v) is 5.07. The van der Waals surface area contributed by atoms with E-state index in [4.69, 9.17) is 0 Å². The molecular weight excluding hydrogens is 446 g/mol. The normalized spacial score (nSPS) is 12.8. The Labute approximate surface area is 193 Å². The molecule has 4 aromatic rings. The molecule has 0 radical (unpaired) electrons. The molecule has 0 N–H and O–H groups in total. The molecule has 1 aromatic heterocycles. The minimum atomic E-state index is -4.49. The zero-order valence-electron chi connectivity index (χ0n) is 18.3. The average Bonchev–Trinajstić information content (AvgIpc) is 3.28. The predicted molar refractivity (Wildman–Crippen MR) is 123 cm³/mol. The molecule has 4 rings (SSSR count). The average molecular weight is 465 g/mol. The molecule has 0 aliphatic heterocycles. The smallest absolute Gasteiger partial charge is 0.270 e. The topological polar surface area (TPSA) is 55.4 Å². The van der Waals surface area contributed by atoms with E-state index in [2.05, 4.69) is 20.3 Å². The second kappa shape index (κ2) is 9.38.